The van der Waals surface area contributed by atoms with Gasteiger partial charge >= 0.3 is 0 Å². The maximum Gasteiger partial charge on any atom is 0.270 e. The zero-order valence-electron chi connectivity index (χ0n) is 14.7. The van der Waals surface area contributed by atoms with Crippen LogP contribution in [0.1, 0.15) is 34.6 Å². The molecule has 1 saturated heterocycles. The van der Waals surface area contributed by atoms with Crippen molar-refractivity contribution >= 4 is 39.1 Å². The van der Waals surface area contributed by atoms with Gasteiger partial charge in [0.1, 0.15) is 0 Å². The molecule has 0 saturated carbocycles. The number of nitrogens with zero attached hydrogens (tertiary/aromatic N) is 2. The minimum absolute atomic E-state index is 0.283. The van der Waals surface area contributed by atoms with Crippen molar-refractivity contribution in [3.63, 3.8) is 0 Å². The fourth-order valence-electron chi connectivity index (χ4n) is 3.40. The summed E-state index contributed by atoms with van der Waals surface area (Å²) in [5, 5.41) is 9.59. The Morgan fingerprint density at radius 1 is 1.27 bits per heavy atom. The van der Waals surface area contributed by atoms with E-state index in [0.717, 1.165) is 32.6 Å². The number of primary amides is 1. The largest absolute Gasteiger partial charge is 0.364 e. The van der Waals surface area contributed by atoms with Gasteiger partial charge in [-0.1, -0.05) is 29.8 Å². The molecule has 1 aromatic carbocycles. The van der Waals surface area contributed by atoms with Crippen molar-refractivity contribution in [3.05, 3.63) is 47.3 Å². The van der Waals surface area contributed by atoms with Crippen molar-refractivity contribution < 1.29 is 4.79 Å². The van der Waals surface area contributed by atoms with Crippen LogP contribution < -0.4 is 5.73 Å². The lowest BCUT2D eigenvalue weighted by Crippen LogP contribution is -2.17. The molecule has 134 valence electrons. The van der Waals surface area contributed by atoms with E-state index >= 15 is 0 Å². The summed E-state index contributed by atoms with van der Waals surface area (Å²) in [6.45, 7) is 2.08. The summed E-state index contributed by atoms with van der Waals surface area (Å²) >= 11 is 3.60. The Bertz CT molecular complexity index is 944. The van der Waals surface area contributed by atoms with E-state index in [2.05, 4.69) is 47.5 Å². The Hall–Kier alpha value is -1.92. The second kappa shape index (κ2) is 7.37. The molecule has 6 heteroatoms. The minimum atomic E-state index is -0.514. The van der Waals surface area contributed by atoms with Gasteiger partial charge in [-0.25, -0.2) is 0 Å². The van der Waals surface area contributed by atoms with Crippen LogP contribution in [-0.4, -0.2) is 27.6 Å². The second-order valence-corrected chi connectivity index (χ2v) is 9.07. The molecule has 0 bridgehead atoms. The van der Waals surface area contributed by atoms with Gasteiger partial charge in [0.2, 0.25) is 0 Å². The molecule has 1 aliphatic rings. The van der Waals surface area contributed by atoms with Gasteiger partial charge in [-0.05, 0) is 55.2 Å². The number of carbonyl (C=O) groups excluding carboxylic acids is 1. The topological polar surface area (TPSA) is 68.9 Å². The summed E-state index contributed by atoms with van der Waals surface area (Å²) in [5.41, 5.74) is 9.19. The molecular formula is C20H21N3OS2. The van der Waals surface area contributed by atoms with Crippen molar-refractivity contribution in [3.8, 4) is 10.4 Å². The highest BCUT2D eigenvalue weighted by atomic mass is 32.2. The number of hydrogen-bond acceptors (Lipinski definition) is 5. The number of thiophene rings is 1. The molecule has 26 heavy (non-hydrogen) atoms. The number of fused-ring (bicyclic) bond motifs is 1. The number of rotatable bonds is 4. The van der Waals surface area contributed by atoms with Gasteiger partial charge in [-0.2, -0.15) is 16.9 Å². The second-order valence-electron chi connectivity index (χ2n) is 6.87. The molecule has 1 atom stereocenters. The number of nitrogens with two attached hydrogens (primary N) is 1. The first-order chi connectivity index (χ1) is 12.6. The van der Waals surface area contributed by atoms with E-state index in [0.29, 0.717) is 5.92 Å². The normalized spacial score (nSPS) is 17.5. The van der Waals surface area contributed by atoms with Crippen LogP contribution in [0.15, 0.2) is 30.3 Å². The van der Waals surface area contributed by atoms with Gasteiger partial charge in [0.15, 0.2) is 5.69 Å². The van der Waals surface area contributed by atoms with E-state index in [-0.39, 0.29) is 5.69 Å². The molecule has 3 aromatic rings. The number of carbonyl (C=O) groups is 1. The zero-order chi connectivity index (χ0) is 18.1. The third-order valence-corrected chi connectivity index (χ3v) is 7.31. The van der Waals surface area contributed by atoms with Crippen LogP contribution in [0.5, 0.6) is 0 Å². The van der Waals surface area contributed by atoms with E-state index in [1.807, 2.05) is 11.8 Å². The van der Waals surface area contributed by atoms with E-state index < -0.39 is 5.91 Å². The number of amides is 1. The average molecular weight is 384 g/mol. The molecule has 0 radical (unpaired) electrons. The lowest BCUT2D eigenvalue weighted by atomic mass is 9.97. The fraction of sp³-hybridized carbons (Fsp3) is 0.350. The van der Waals surface area contributed by atoms with Crippen LogP contribution in [0.3, 0.4) is 0 Å². The Kier molecular flexibility index (Phi) is 4.96. The highest BCUT2D eigenvalue weighted by molar-refractivity contribution is 7.99. The Morgan fingerprint density at radius 3 is 2.77 bits per heavy atom. The smallest absolute Gasteiger partial charge is 0.270 e. The average Bonchev–Trinajstić information content (AvgIpc) is 3.09. The molecular weight excluding hydrogens is 362 g/mol. The first-order valence-electron chi connectivity index (χ1n) is 8.85. The van der Waals surface area contributed by atoms with Crippen molar-refractivity contribution in [1.29, 1.82) is 0 Å². The minimum Gasteiger partial charge on any atom is -0.364 e. The van der Waals surface area contributed by atoms with Crippen molar-refractivity contribution in [2.75, 3.05) is 11.5 Å². The maximum absolute atomic E-state index is 11.8. The lowest BCUT2D eigenvalue weighted by Gasteiger charge is -2.20. The van der Waals surface area contributed by atoms with Gasteiger partial charge in [-0.15, -0.1) is 16.4 Å². The summed E-state index contributed by atoms with van der Waals surface area (Å²) in [6.07, 6.45) is 3.42. The number of thioether (sulfide) groups is 1. The molecule has 1 fully saturated rings. The highest BCUT2D eigenvalue weighted by Crippen LogP contribution is 2.37. The monoisotopic (exact) mass is 383 g/mol. The predicted molar refractivity (Wildman–Crippen MR) is 110 cm³/mol. The predicted octanol–water partition coefficient (Wildman–Crippen LogP) is 4.45. The third kappa shape index (κ3) is 3.48. The Labute approximate surface area is 161 Å². The molecule has 1 amide bonds. The van der Waals surface area contributed by atoms with Crippen LogP contribution in [0.2, 0.25) is 0 Å². The highest BCUT2D eigenvalue weighted by Gasteiger charge is 2.21. The number of benzene rings is 1. The molecule has 3 heterocycles. The van der Waals surface area contributed by atoms with Crippen molar-refractivity contribution in [2.45, 2.75) is 26.2 Å². The first-order valence-corrected chi connectivity index (χ1v) is 10.8. The van der Waals surface area contributed by atoms with E-state index in [1.54, 1.807) is 11.3 Å². The molecule has 1 unspecified atom stereocenters. The summed E-state index contributed by atoms with van der Waals surface area (Å²) in [5.74, 6) is 2.55. The number of aryl methyl sites for hydroxylation is 1. The van der Waals surface area contributed by atoms with Crippen LogP contribution in [0, 0.1) is 12.8 Å². The van der Waals surface area contributed by atoms with Gasteiger partial charge in [0.05, 0.1) is 10.4 Å². The van der Waals surface area contributed by atoms with Crippen LogP contribution in [0.25, 0.3) is 20.5 Å². The molecule has 1 aliphatic heterocycles. The first kappa shape index (κ1) is 17.5. The molecule has 2 aromatic heterocycles. The van der Waals surface area contributed by atoms with Crippen LogP contribution in [0.4, 0.5) is 0 Å². The Balaban J connectivity index is 1.78. The van der Waals surface area contributed by atoms with Crippen LogP contribution in [-0.2, 0) is 6.42 Å². The number of hydrogen-bond donors (Lipinski definition) is 1. The summed E-state index contributed by atoms with van der Waals surface area (Å²) in [6, 6.07) is 10.6. The summed E-state index contributed by atoms with van der Waals surface area (Å²) < 4.78 is 0.863. The standard InChI is InChI=1S/C20H21N3OS2/c1-12-4-6-14(7-5-12)17-10-15-16(9-13-3-2-8-25-11-13)22-23-18(20(21)24)19(15)26-17/h4-7,10,13H,2-3,8-9,11H2,1H3,(H2,21,24). The van der Waals surface area contributed by atoms with Crippen molar-refractivity contribution in [1.82, 2.24) is 10.2 Å². The molecule has 0 spiro atoms. The van der Waals surface area contributed by atoms with Crippen molar-refractivity contribution in [2.24, 2.45) is 11.7 Å². The van der Waals surface area contributed by atoms with E-state index in [4.69, 9.17) is 5.73 Å². The Morgan fingerprint density at radius 2 is 2.08 bits per heavy atom. The maximum atomic E-state index is 11.8. The molecule has 0 aliphatic carbocycles. The molecule has 2 N–H and O–H groups in total. The van der Waals surface area contributed by atoms with Crippen LogP contribution >= 0.6 is 23.1 Å². The third-order valence-electron chi connectivity index (χ3n) is 4.83. The van der Waals surface area contributed by atoms with Gasteiger partial charge in [-0.3, -0.25) is 4.79 Å². The van der Waals surface area contributed by atoms with E-state index in [1.165, 1.54) is 29.9 Å². The summed E-state index contributed by atoms with van der Waals surface area (Å²) in [7, 11) is 0. The van der Waals surface area contributed by atoms with Gasteiger partial charge in [0.25, 0.3) is 5.91 Å². The quantitative estimate of drug-likeness (QED) is 0.722. The number of aromatic nitrogens is 2. The molecule has 4 nitrogen and oxygen atoms in total. The van der Waals surface area contributed by atoms with Gasteiger partial charge in [0, 0.05) is 10.3 Å². The SMILES string of the molecule is Cc1ccc(-c2cc3c(CC4CCCSC4)nnc(C(N)=O)c3s2)cc1. The summed E-state index contributed by atoms with van der Waals surface area (Å²) in [4.78, 5) is 13.0. The zero-order valence-corrected chi connectivity index (χ0v) is 16.3. The lowest BCUT2D eigenvalue weighted by molar-refractivity contribution is 0.0996. The molecule has 4 rings (SSSR count). The van der Waals surface area contributed by atoms with Gasteiger partial charge < -0.3 is 5.73 Å². The fourth-order valence-corrected chi connectivity index (χ4v) is 5.74. The van der Waals surface area contributed by atoms with E-state index in [9.17, 15) is 4.79 Å².